The van der Waals surface area contributed by atoms with Crippen LogP contribution in [0, 0.1) is 18.3 Å². The Labute approximate surface area is 188 Å². The highest BCUT2D eigenvalue weighted by Gasteiger charge is 2.12. The van der Waals surface area contributed by atoms with E-state index in [0.29, 0.717) is 0 Å². The molecule has 0 fully saturated rings. The Morgan fingerprint density at radius 1 is 1.16 bits per heavy atom. The molecule has 1 amide bonds. The van der Waals surface area contributed by atoms with E-state index in [-0.39, 0.29) is 28.6 Å². The number of nitrogens with zero attached hydrogens (tertiary/aromatic N) is 2. The summed E-state index contributed by atoms with van der Waals surface area (Å²) < 4.78 is 31.1. The van der Waals surface area contributed by atoms with Gasteiger partial charge < -0.3 is 27.9 Å². The summed E-state index contributed by atoms with van der Waals surface area (Å²) in [4.78, 5) is 14.3. The lowest BCUT2D eigenvalue weighted by molar-refractivity contribution is -0.112. The van der Waals surface area contributed by atoms with Crippen molar-refractivity contribution < 1.29 is 30.2 Å². The van der Waals surface area contributed by atoms with Crippen LogP contribution in [-0.4, -0.2) is 32.0 Å². The van der Waals surface area contributed by atoms with Crippen molar-refractivity contribution in [3.05, 3.63) is 59.8 Å². The van der Waals surface area contributed by atoms with Crippen LogP contribution in [0.3, 0.4) is 0 Å². The lowest BCUT2D eigenvalue weighted by atomic mass is 10.1. The molecule has 2 aromatic rings. The standard InChI is InChI=1S/C21H24N4O4S.ClH/c1-4-25(5-2)18-8-11-20(15(3)12-18)23-14-16(13-22)21(26)24-17-6-9-19(10-7-17)30(27,28)29;/h6-12,14,23H,4-5H2,1-3H3,(H,24,26)(H,27,28,29);1H/p-1/b16-14-;. The summed E-state index contributed by atoms with van der Waals surface area (Å²) in [6.07, 6.45) is 1.32. The number of carbonyl (C=O) groups is 1. The quantitative estimate of drug-likeness (QED) is 0.297. The molecule has 3 N–H and O–H groups in total. The van der Waals surface area contributed by atoms with Gasteiger partial charge in [0, 0.05) is 36.4 Å². The van der Waals surface area contributed by atoms with Crippen LogP contribution in [0.5, 0.6) is 0 Å². The Balaban J connectivity index is 0.00000480. The second kappa shape index (κ2) is 11.4. The highest BCUT2D eigenvalue weighted by Crippen LogP contribution is 2.23. The maximum Gasteiger partial charge on any atom is 0.294 e. The van der Waals surface area contributed by atoms with Crippen molar-refractivity contribution in [1.82, 2.24) is 0 Å². The summed E-state index contributed by atoms with van der Waals surface area (Å²) in [5.74, 6) is -0.651. The van der Waals surface area contributed by atoms with Crippen LogP contribution < -0.4 is 27.9 Å². The van der Waals surface area contributed by atoms with Crippen molar-refractivity contribution in [3.63, 3.8) is 0 Å². The number of nitrogens with one attached hydrogen (secondary N) is 2. The molecule has 31 heavy (non-hydrogen) atoms. The Morgan fingerprint density at radius 2 is 1.77 bits per heavy atom. The molecule has 8 nitrogen and oxygen atoms in total. The Kier molecular flexibility index (Phi) is 9.52. The number of benzene rings is 2. The van der Waals surface area contributed by atoms with E-state index in [1.54, 1.807) is 0 Å². The van der Waals surface area contributed by atoms with Crippen LogP contribution >= 0.6 is 0 Å². The maximum absolute atomic E-state index is 12.3. The number of anilines is 3. The third kappa shape index (κ3) is 7.00. The van der Waals surface area contributed by atoms with E-state index in [1.807, 2.05) is 31.2 Å². The Morgan fingerprint density at radius 3 is 2.26 bits per heavy atom. The molecule has 0 heterocycles. The third-order valence-electron chi connectivity index (χ3n) is 4.49. The number of halogens is 1. The number of amides is 1. The topological polar surface area (TPSA) is 123 Å². The largest absolute Gasteiger partial charge is 1.00 e. The molecule has 0 spiro atoms. The highest BCUT2D eigenvalue weighted by atomic mass is 35.5. The third-order valence-corrected chi connectivity index (χ3v) is 5.35. The van der Waals surface area contributed by atoms with E-state index < -0.39 is 16.0 Å². The van der Waals surface area contributed by atoms with Crippen LogP contribution in [0.2, 0.25) is 0 Å². The molecule has 0 aliphatic carbocycles. The molecule has 10 heteroatoms. The van der Waals surface area contributed by atoms with Crippen LogP contribution in [0.15, 0.2) is 59.1 Å². The Bertz CT molecular complexity index is 1090. The lowest BCUT2D eigenvalue weighted by Crippen LogP contribution is -3.00. The summed E-state index contributed by atoms with van der Waals surface area (Å²) >= 11 is 0. The molecule has 0 aromatic heterocycles. The number of nitriles is 1. The molecular formula is C21H24ClN4O4S-. The monoisotopic (exact) mass is 463 g/mol. The molecule has 0 bridgehead atoms. The van der Waals surface area contributed by atoms with Gasteiger partial charge in [0.05, 0.1) is 4.90 Å². The molecule has 0 unspecified atom stereocenters. The zero-order valence-electron chi connectivity index (χ0n) is 17.4. The summed E-state index contributed by atoms with van der Waals surface area (Å²) in [6, 6.07) is 12.7. The van der Waals surface area contributed by atoms with Gasteiger partial charge in [-0.2, -0.15) is 13.7 Å². The number of aryl methyl sites for hydroxylation is 1. The van der Waals surface area contributed by atoms with Gasteiger partial charge in [-0.25, -0.2) is 0 Å². The smallest absolute Gasteiger partial charge is 0.294 e. The van der Waals surface area contributed by atoms with Crippen molar-refractivity contribution in [2.75, 3.05) is 28.6 Å². The van der Waals surface area contributed by atoms with Crippen LogP contribution in [-0.2, 0) is 14.9 Å². The van der Waals surface area contributed by atoms with Crippen molar-refractivity contribution in [2.24, 2.45) is 0 Å². The van der Waals surface area contributed by atoms with Gasteiger partial charge in [-0.3, -0.25) is 9.35 Å². The summed E-state index contributed by atoms with van der Waals surface area (Å²) in [7, 11) is -4.31. The van der Waals surface area contributed by atoms with E-state index in [0.717, 1.165) is 42.2 Å². The van der Waals surface area contributed by atoms with E-state index in [1.165, 1.54) is 18.3 Å². The minimum atomic E-state index is -4.31. The summed E-state index contributed by atoms with van der Waals surface area (Å²) in [5.41, 5.74) is 2.96. The van der Waals surface area contributed by atoms with E-state index in [9.17, 15) is 18.5 Å². The van der Waals surface area contributed by atoms with Crippen LogP contribution in [0.4, 0.5) is 17.1 Å². The van der Waals surface area contributed by atoms with E-state index in [2.05, 4.69) is 29.4 Å². The predicted octanol–water partition coefficient (Wildman–Crippen LogP) is 0.550. The van der Waals surface area contributed by atoms with Gasteiger partial charge in [-0.05, 0) is 68.8 Å². The fourth-order valence-electron chi connectivity index (χ4n) is 2.80. The minimum absolute atomic E-state index is 0. The van der Waals surface area contributed by atoms with Gasteiger partial charge in [-0.15, -0.1) is 0 Å². The Hall–Kier alpha value is -3.06. The van der Waals surface area contributed by atoms with Gasteiger partial charge in [0.25, 0.3) is 16.0 Å². The highest BCUT2D eigenvalue weighted by molar-refractivity contribution is 7.85. The fraction of sp³-hybridized carbons (Fsp3) is 0.238. The first-order valence-corrected chi connectivity index (χ1v) is 10.7. The van der Waals surface area contributed by atoms with Gasteiger partial charge >= 0.3 is 0 Å². The predicted molar refractivity (Wildman–Crippen MR) is 117 cm³/mol. The molecule has 2 aromatic carbocycles. The first kappa shape index (κ1) is 26.0. The molecule has 0 saturated heterocycles. The molecule has 0 saturated carbocycles. The number of hydrogen-bond acceptors (Lipinski definition) is 6. The van der Waals surface area contributed by atoms with Crippen molar-refractivity contribution in [3.8, 4) is 6.07 Å². The normalized spacial score (nSPS) is 11.1. The summed E-state index contributed by atoms with van der Waals surface area (Å²) in [5, 5.41) is 14.8. The van der Waals surface area contributed by atoms with Crippen molar-refractivity contribution in [1.29, 1.82) is 5.26 Å². The zero-order valence-corrected chi connectivity index (χ0v) is 19.0. The van der Waals surface area contributed by atoms with E-state index in [4.69, 9.17) is 4.55 Å². The average Bonchev–Trinajstić information content (AvgIpc) is 2.70. The summed E-state index contributed by atoms with van der Waals surface area (Å²) in [6.45, 7) is 7.90. The molecular weight excluding hydrogens is 440 g/mol. The lowest BCUT2D eigenvalue weighted by Gasteiger charge is -2.22. The SMILES string of the molecule is CCN(CC)c1ccc(N/C=C(/C#N)C(=O)Nc2ccc(S(=O)(=O)O)cc2)c(C)c1.[Cl-]. The first-order chi connectivity index (χ1) is 14.2. The van der Waals surface area contributed by atoms with Gasteiger partial charge in [0.2, 0.25) is 0 Å². The molecule has 0 atom stereocenters. The van der Waals surface area contributed by atoms with Gasteiger partial charge in [0.15, 0.2) is 0 Å². The van der Waals surface area contributed by atoms with Crippen molar-refractivity contribution >= 4 is 33.1 Å². The van der Waals surface area contributed by atoms with E-state index >= 15 is 0 Å². The second-order valence-electron chi connectivity index (χ2n) is 6.44. The number of rotatable bonds is 8. The second-order valence-corrected chi connectivity index (χ2v) is 7.86. The van der Waals surface area contributed by atoms with Gasteiger partial charge in [-0.1, -0.05) is 0 Å². The minimum Gasteiger partial charge on any atom is -1.00 e. The molecule has 0 aliphatic heterocycles. The van der Waals surface area contributed by atoms with Crippen LogP contribution in [0.1, 0.15) is 19.4 Å². The van der Waals surface area contributed by atoms with Crippen LogP contribution in [0.25, 0.3) is 0 Å². The number of carbonyl (C=O) groups excluding carboxylic acids is 1. The molecule has 166 valence electrons. The molecule has 0 radical (unpaired) electrons. The van der Waals surface area contributed by atoms with Gasteiger partial charge in [0.1, 0.15) is 11.6 Å². The molecule has 0 aliphatic rings. The first-order valence-electron chi connectivity index (χ1n) is 9.30. The zero-order chi connectivity index (χ0) is 22.3. The van der Waals surface area contributed by atoms with Crippen molar-refractivity contribution in [2.45, 2.75) is 25.7 Å². The number of hydrogen-bond donors (Lipinski definition) is 3. The average molecular weight is 464 g/mol. The fourth-order valence-corrected chi connectivity index (χ4v) is 3.28. The molecule has 2 rings (SSSR count). The maximum atomic E-state index is 12.3.